The monoisotopic (exact) mass is 438 g/mol. The van der Waals surface area contributed by atoms with Crippen LogP contribution in [0.15, 0.2) is 36.4 Å². The number of carbonyl (C=O) groups excluding carboxylic acids is 2. The lowest BCUT2D eigenvalue weighted by atomic mass is 10.1. The third kappa shape index (κ3) is 4.68. The van der Waals surface area contributed by atoms with Gasteiger partial charge in [-0.1, -0.05) is 6.07 Å². The molecule has 3 rings (SSSR count). The predicted molar refractivity (Wildman–Crippen MR) is 107 cm³/mol. The van der Waals surface area contributed by atoms with Gasteiger partial charge in [-0.2, -0.15) is 13.2 Å². The van der Waals surface area contributed by atoms with Crippen molar-refractivity contribution in [3.05, 3.63) is 42.0 Å². The van der Waals surface area contributed by atoms with Gasteiger partial charge in [0.2, 0.25) is 17.6 Å². The molecule has 0 bridgehead atoms. The molecular weight excluding hydrogens is 417 g/mol. The van der Waals surface area contributed by atoms with E-state index in [9.17, 15) is 22.8 Å². The molecule has 166 valence electrons. The first-order valence-corrected chi connectivity index (χ1v) is 9.26. The van der Waals surface area contributed by atoms with Gasteiger partial charge in [0.25, 0.3) is 0 Å². The Hall–Kier alpha value is -3.43. The van der Waals surface area contributed by atoms with Crippen LogP contribution in [0.2, 0.25) is 0 Å². The van der Waals surface area contributed by atoms with E-state index in [0.717, 1.165) is 12.1 Å². The average Bonchev–Trinajstić information content (AvgIpc) is 3.14. The Labute approximate surface area is 176 Å². The largest absolute Gasteiger partial charge is 0.493 e. The van der Waals surface area contributed by atoms with Gasteiger partial charge in [0.15, 0.2) is 11.5 Å². The summed E-state index contributed by atoms with van der Waals surface area (Å²) in [6.07, 6.45) is -4.60. The van der Waals surface area contributed by atoms with Gasteiger partial charge in [-0.05, 0) is 18.2 Å². The number of halogens is 3. The van der Waals surface area contributed by atoms with Crippen LogP contribution in [-0.2, 0) is 15.8 Å². The second-order valence-corrected chi connectivity index (χ2v) is 6.86. The van der Waals surface area contributed by atoms with Gasteiger partial charge < -0.3 is 24.4 Å². The molecule has 7 nitrogen and oxygen atoms in total. The van der Waals surface area contributed by atoms with Crippen LogP contribution in [0.4, 0.5) is 24.5 Å². The third-order valence-corrected chi connectivity index (χ3v) is 4.91. The fraction of sp³-hybridized carbons (Fsp3) is 0.333. The molecule has 0 aromatic heterocycles. The highest BCUT2D eigenvalue weighted by molar-refractivity contribution is 6.03. The van der Waals surface area contributed by atoms with E-state index in [1.165, 1.54) is 38.4 Å². The highest BCUT2D eigenvalue weighted by Crippen LogP contribution is 2.42. The van der Waals surface area contributed by atoms with Crippen LogP contribution in [0, 0.1) is 5.92 Å². The minimum atomic E-state index is -4.52. The average molecular weight is 438 g/mol. The van der Waals surface area contributed by atoms with Gasteiger partial charge >= 0.3 is 6.18 Å². The number of hydrogen-bond donors (Lipinski definition) is 1. The fourth-order valence-corrected chi connectivity index (χ4v) is 3.37. The first-order valence-electron chi connectivity index (χ1n) is 9.26. The number of ether oxygens (including phenoxy) is 3. The van der Waals surface area contributed by atoms with Gasteiger partial charge in [-0.25, -0.2) is 0 Å². The molecule has 0 aliphatic carbocycles. The zero-order chi connectivity index (χ0) is 22.8. The molecule has 0 spiro atoms. The standard InChI is InChI=1S/C21H21F3N2O5/c1-29-16-9-15(10-17(30-2)19(16)31-3)26-11-12(7-18(26)27)20(28)25-14-6-4-5-13(8-14)21(22,23)24/h4-6,8-10,12H,7,11H2,1-3H3,(H,25,28). The molecule has 2 amide bonds. The molecule has 10 heteroatoms. The van der Waals surface area contributed by atoms with Crippen LogP contribution >= 0.6 is 0 Å². The molecule has 1 fully saturated rings. The van der Waals surface area contributed by atoms with Crippen molar-refractivity contribution >= 4 is 23.2 Å². The van der Waals surface area contributed by atoms with Crippen molar-refractivity contribution < 1.29 is 37.0 Å². The highest BCUT2D eigenvalue weighted by atomic mass is 19.4. The molecule has 2 aromatic rings. The van der Waals surface area contributed by atoms with Crippen molar-refractivity contribution in [2.24, 2.45) is 5.92 Å². The van der Waals surface area contributed by atoms with Gasteiger partial charge in [0, 0.05) is 30.8 Å². The smallest absolute Gasteiger partial charge is 0.416 e. The second-order valence-electron chi connectivity index (χ2n) is 6.86. The quantitative estimate of drug-likeness (QED) is 0.744. The number of amides is 2. The first kappa shape index (κ1) is 22.3. The summed E-state index contributed by atoms with van der Waals surface area (Å²) < 4.78 is 54.5. The summed E-state index contributed by atoms with van der Waals surface area (Å²) in [7, 11) is 4.34. The number of hydrogen-bond acceptors (Lipinski definition) is 5. The highest BCUT2D eigenvalue weighted by Gasteiger charge is 2.36. The molecule has 31 heavy (non-hydrogen) atoms. The van der Waals surface area contributed by atoms with Crippen LogP contribution < -0.4 is 24.4 Å². The zero-order valence-corrected chi connectivity index (χ0v) is 17.1. The minimum Gasteiger partial charge on any atom is -0.493 e. The van der Waals surface area contributed by atoms with Crippen molar-refractivity contribution in [2.45, 2.75) is 12.6 Å². The van der Waals surface area contributed by atoms with Gasteiger partial charge in [-0.15, -0.1) is 0 Å². The lowest BCUT2D eigenvalue weighted by Gasteiger charge is -2.20. The van der Waals surface area contributed by atoms with Crippen LogP contribution in [0.1, 0.15) is 12.0 Å². The van der Waals surface area contributed by atoms with Crippen molar-refractivity contribution in [3.63, 3.8) is 0 Å². The molecular formula is C21H21F3N2O5. The van der Waals surface area contributed by atoms with Crippen molar-refractivity contribution in [2.75, 3.05) is 38.1 Å². The maximum atomic E-state index is 12.9. The Kier molecular flexibility index (Phi) is 6.28. The van der Waals surface area contributed by atoms with Gasteiger partial charge in [-0.3, -0.25) is 9.59 Å². The lowest BCUT2D eigenvalue weighted by Crippen LogP contribution is -2.28. The summed E-state index contributed by atoms with van der Waals surface area (Å²) in [5.74, 6) is -0.524. The zero-order valence-electron chi connectivity index (χ0n) is 17.1. The van der Waals surface area contributed by atoms with E-state index in [1.54, 1.807) is 12.1 Å². The molecule has 0 radical (unpaired) electrons. The van der Waals surface area contributed by atoms with Gasteiger partial charge in [0.1, 0.15) is 0 Å². The topological polar surface area (TPSA) is 77.1 Å². The second kappa shape index (κ2) is 8.75. The molecule has 1 heterocycles. The number of nitrogens with one attached hydrogen (secondary N) is 1. The SMILES string of the molecule is COc1cc(N2CC(C(=O)Nc3cccc(C(F)(F)F)c3)CC2=O)cc(OC)c1OC. The Bertz CT molecular complexity index is 968. The number of carbonyl (C=O) groups is 2. The summed E-state index contributed by atoms with van der Waals surface area (Å²) in [6.45, 7) is 0.0578. The summed E-state index contributed by atoms with van der Waals surface area (Å²) in [5, 5.41) is 2.47. The predicted octanol–water partition coefficient (Wildman–Crippen LogP) is 3.72. The molecule has 1 aliphatic rings. The number of methoxy groups -OCH3 is 3. The molecule has 2 aromatic carbocycles. The minimum absolute atomic E-state index is 0.0125. The number of anilines is 2. The molecule has 1 aliphatic heterocycles. The molecule has 0 saturated carbocycles. The van der Waals surface area contributed by atoms with E-state index in [4.69, 9.17) is 14.2 Å². The van der Waals surface area contributed by atoms with Crippen LogP contribution in [-0.4, -0.2) is 39.7 Å². The third-order valence-electron chi connectivity index (χ3n) is 4.91. The fourth-order valence-electron chi connectivity index (χ4n) is 3.37. The molecule has 1 unspecified atom stereocenters. The number of alkyl halides is 3. The number of nitrogens with zero attached hydrogens (tertiary/aromatic N) is 1. The molecule has 1 saturated heterocycles. The Morgan fingerprint density at radius 1 is 1.06 bits per heavy atom. The van der Waals surface area contributed by atoms with Crippen LogP contribution in [0.3, 0.4) is 0 Å². The van der Waals surface area contributed by atoms with Gasteiger partial charge in [0.05, 0.1) is 38.5 Å². The van der Waals surface area contributed by atoms with E-state index < -0.39 is 23.6 Å². The first-order chi connectivity index (χ1) is 14.7. The van der Waals surface area contributed by atoms with E-state index in [1.807, 2.05) is 0 Å². The van der Waals surface area contributed by atoms with Crippen molar-refractivity contribution in [1.29, 1.82) is 0 Å². The van der Waals surface area contributed by atoms with E-state index >= 15 is 0 Å². The van der Waals surface area contributed by atoms with E-state index in [-0.39, 0.29) is 24.6 Å². The normalized spacial score (nSPS) is 16.3. The summed E-state index contributed by atoms with van der Waals surface area (Å²) in [6, 6.07) is 7.52. The Morgan fingerprint density at radius 3 is 2.26 bits per heavy atom. The van der Waals surface area contributed by atoms with Crippen molar-refractivity contribution in [3.8, 4) is 17.2 Å². The number of benzene rings is 2. The van der Waals surface area contributed by atoms with Crippen LogP contribution in [0.5, 0.6) is 17.2 Å². The maximum Gasteiger partial charge on any atom is 0.416 e. The summed E-state index contributed by atoms with van der Waals surface area (Å²) in [4.78, 5) is 26.6. The molecule has 1 atom stereocenters. The summed E-state index contributed by atoms with van der Waals surface area (Å²) in [5.41, 5.74) is -0.403. The number of rotatable bonds is 6. The van der Waals surface area contributed by atoms with Crippen LogP contribution in [0.25, 0.3) is 0 Å². The van der Waals surface area contributed by atoms with E-state index in [2.05, 4.69) is 5.32 Å². The Balaban J connectivity index is 1.78. The summed E-state index contributed by atoms with van der Waals surface area (Å²) >= 11 is 0. The van der Waals surface area contributed by atoms with E-state index in [0.29, 0.717) is 22.9 Å². The Morgan fingerprint density at radius 2 is 1.71 bits per heavy atom. The van der Waals surface area contributed by atoms with Crippen molar-refractivity contribution in [1.82, 2.24) is 0 Å². The lowest BCUT2D eigenvalue weighted by molar-refractivity contribution is -0.137. The molecule has 1 N–H and O–H groups in total. The maximum absolute atomic E-state index is 12.9.